The summed E-state index contributed by atoms with van der Waals surface area (Å²) in [6.45, 7) is 7.46. The zero-order chi connectivity index (χ0) is 20.4. The molecular weight excluding hydrogens is 489 g/mol. The summed E-state index contributed by atoms with van der Waals surface area (Å²) in [4.78, 5) is 18.5. The van der Waals surface area contributed by atoms with E-state index in [0.717, 1.165) is 63.5 Å². The third kappa shape index (κ3) is 8.84. The Labute approximate surface area is 189 Å². The van der Waals surface area contributed by atoms with Crippen molar-refractivity contribution in [2.75, 3.05) is 32.7 Å². The fraction of sp³-hybridized carbons (Fsp3) is 0.619. The molecule has 5 nitrogen and oxygen atoms in total. The molecule has 0 aliphatic carbocycles. The molecular formula is C21H33F2IN4O. The third-order valence-electron chi connectivity index (χ3n) is 4.95. The Bertz CT molecular complexity index is 672. The number of rotatable bonds is 8. The molecule has 164 valence electrons. The molecule has 0 aromatic heterocycles. The van der Waals surface area contributed by atoms with Crippen molar-refractivity contribution in [1.82, 2.24) is 15.5 Å². The predicted octanol–water partition coefficient (Wildman–Crippen LogP) is 4.03. The van der Waals surface area contributed by atoms with Crippen LogP contribution in [-0.4, -0.2) is 49.5 Å². The number of carbonyl (C=O) groups excluding carboxylic acids is 1. The van der Waals surface area contributed by atoms with Crippen LogP contribution >= 0.6 is 24.0 Å². The zero-order valence-electron chi connectivity index (χ0n) is 17.3. The van der Waals surface area contributed by atoms with Gasteiger partial charge in [-0.1, -0.05) is 19.4 Å². The maximum absolute atomic E-state index is 13.4. The average Bonchev–Trinajstić information content (AvgIpc) is 2.89. The SMILES string of the molecule is CCNC(=NCC(C)c1ccc(F)c(F)c1)NCCCN1CCCCCC1=O.I. The Morgan fingerprint density at radius 1 is 1.21 bits per heavy atom. The highest BCUT2D eigenvalue weighted by molar-refractivity contribution is 14.0. The normalized spacial score (nSPS) is 16.1. The van der Waals surface area contributed by atoms with Gasteiger partial charge in [-0.15, -0.1) is 24.0 Å². The highest BCUT2D eigenvalue weighted by atomic mass is 127. The Morgan fingerprint density at radius 3 is 2.72 bits per heavy atom. The molecule has 0 saturated carbocycles. The van der Waals surface area contributed by atoms with Crippen LogP contribution in [0.5, 0.6) is 0 Å². The number of hydrogen-bond acceptors (Lipinski definition) is 2. The van der Waals surface area contributed by atoms with E-state index in [1.54, 1.807) is 6.07 Å². The lowest BCUT2D eigenvalue weighted by Gasteiger charge is -2.21. The first-order valence-corrected chi connectivity index (χ1v) is 10.3. The van der Waals surface area contributed by atoms with E-state index >= 15 is 0 Å². The molecule has 0 radical (unpaired) electrons. The van der Waals surface area contributed by atoms with Crippen molar-refractivity contribution in [3.63, 3.8) is 0 Å². The van der Waals surface area contributed by atoms with Crippen molar-refractivity contribution < 1.29 is 13.6 Å². The van der Waals surface area contributed by atoms with Gasteiger partial charge in [0.05, 0.1) is 0 Å². The second kappa shape index (κ2) is 13.7. The van der Waals surface area contributed by atoms with Gasteiger partial charge in [0, 0.05) is 45.1 Å². The molecule has 1 fully saturated rings. The molecule has 29 heavy (non-hydrogen) atoms. The highest BCUT2D eigenvalue weighted by Crippen LogP contribution is 2.18. The Morgan fingerprint density at radius 2 is 2.00 bits per heavy atom. The van der Waals surface area contributed by atoms with Crippen LogP contribution in [0.1, 0.15) is 57.4 Å². The lowest BCUT2D eigenvalue weighted by Crippen LogP contribution is -2.39. The second-order valence-electron chi connectivity index (χ2n) is 7.27. The van der Waals surface area contributed by atoms with Crippen LogP contribution < -0.4 is 10.6 Å². The molecule has 1 amide bonds. The van der Waals surface area contributed by atoms with E-state index in [1.165, 1.54) is 6.07 Å². The van der Waals surface area contributed by atoms with Crippen LogP contribution in [0.15, 0.2) is 23.2 Å². The monoisotopic (exact) mass is 522 g/mol. The molecule has 2 rings (SSSR count). The molecule has 1 atom stereocenters. The molecule has 1 aromatic rings. The second-order valence-corrected chi connectivity index (χ2v) is 7.27. The number of aliphatic imine (C=N–C) groups is 1. The quantitative estimate of drug-likeness (QED) is 0.235. The number of benzene rings is 1. The molecule has 1 aliphatic heterocycles. The van der Waals surface area contributed by atoms with Gasteiger partial charge in [0.15, 0.2) is 17.6 Å². The number of likely N-dealkylation sites (tertiary alicyclic amines) is 1. The van der Waals surface area contributed by atoms with Gasteiger partial charge in [-0.2, -0.15) is 0 Å². The Hall–Kier alpha value is -1.45. The summed E-state index contributed by atoms with van der Waals surface area (Å²) in [5.74, 6) is -0.739. The molecule has 1 aromatic carbocycles. The van der Waals surface area contributed by atoms with E-state index in [0.29, 0.717) is 18.9 Å². The van der Waals surface area contributed by atoms with Gasteiger partial charge < -0.3 is 15.5 Å². The average molecular weight is 522 g/mol. The van der Waals surface area contributed by atoms with Crippen molar-refractivity contribution >= 4 is 35.8 Å². The summed E-state index contributed by atoms with van der Waals surface area (Å²) >= 11 is 0. The maximum atomic E-state index is 13.4. The van der Waals surface area contributed by atoms with Gasteiger partial charge in [0.1, 0.15) is 0 Å². The molecule has 1 unspecified atom stereocenters. The van der Waals surface area contributed by atoms with E-state index in [-0.39, 0.29) is 35.8 Å². The number of nitrogens with one attached hydrogen (secondary N) is 2. The van der Waals surface area contributed by atoms with Crippen LogP contribution in [0, 0.1) is 11.6 Å². The molecule has 1 aliphatic rings. The maximum Gasteiger partial charge on any atom is 0.222 e. The van der Waals surface area contributed by atoms with E-state index in [1.807, 2.05) is 18.7 Å². The number of hydrogen-bond donors (Lipinski definition) is 2. The highest BCUT2D eigenvalue weighted by Gasteiger charge is 2.15. The number of carbonyl (C=O) groups is 1. The standard InChI is InChI=1S/C21H32F2N4O.HI/c1-3-24-21(25-11-7-13-27-12-6-4-5-8-20(27)28)26-15-16(2)17-9-10-18(22)19(23)14-17;/h9-10,14,16H,3-8,11-13,15H2,1-2H3,(H2,24,25,26);1H. The molecule has 8 heteroatoms. The summed E-state index contributed by atoms with van der Waals surface area (Å²) < 4.78 is 26.5. The zero-order valence-corrected chi connectivity index (χ0v) is 19.7. The van der Waals surface area contributed by atoms with E-state index in [9.17, 15) is 13.6 Å². The predicted molar refractivity (Wildman–Crippen MR) is 124 cm³/mol. The number of halogens is 3. The first kappa shape index (κ1) is 25.6. The molecule has 1 heterocycles. The van der Waals surface area contributed by atoms with Gasteiger partial charge in [0.25, 0.3) is 0 Å². The fourth-order valence-electron chi connectivity index (χ4n) is 3.25. The molecule has 2 N–H and O–H groups in total. The van der Waals surface area contributed by atoms with Gasteiger partial charge in [-0.25, -0.2) is 8.78 Å². The number of guanidine groups is 1. The Balaban J connectivity index is 0.00000420. The summed E-state index contributed by atoms with van der Waals surface area (Å²) in [7, 11) is 0. The minimum Gasteiger partial charge on any atom is -0.357 e. The van der Waals surface area contributed by atoms with Crippen LogP contribution in [0.3, 0.4) is 0 Å². The Kier molecular flexibility index (Phi) is 12.1. The van der Waals surface area contributed by atoms with Crippen molar-refractivity contribution in [3.05, 3.63) is 35.4 Å². The summed E-state index contributed by atoms with van der Waals surface area (Å²) in [6.07, 6.45) is 4.74. The van der Waals surface area contributed by atoms with Crippen LogP contribution in [0.2, 0.25) is 0 Å². The topological polar surface area (TPSA) is 56.7 Å². The molecule has 0 spiro atoms. The van der Waals surface area contributed by atoms with Crippen molar-refractivity contribution in [3.8, 4) is 0 Å². The van der Waals surface area contributed by atoms with Crippen LogP contribution in [0.25, 0.3) is 0 Å². The van der Waals surface area contributed by atoms with Crippen LogP contribution in [-0.2, 0) is 4.79 Å². The summed E-state index contributed by atoms with van der Waals surface area (Å²) in [5.41, 5.74) is 0.721. The third-order valence-corrected chi connectivity index (χ3v) is 4.95. The van der Waals surface area contributed by atoms with E-state index in [2.05, 4.69) is 15.6 Å². The van der Waals surface area contributed by atoms with Gasteiger partial charge in [-0.3, -0.25) is 9.79 Å². The summed E-state index contributed by atoms with van der Waals surface area (Å²) in [6, 6.07) is 3.98. The van der Waals surface area contributed by atoms with Crippen molar-refractivity contribution in [1.29, 1.82) is 0 Å². The van der Waals surface area contributed by atoms with Gasteiger partial charge >= 0.3 is 0 Å². The number of nitrogens with zero attached hydrogens (tertiary/aromatic N) is 2. The molecule has 1 saturated heterocycles. The summed E-state index contributed by atoms with van der Waals surface area (Å²) in [5, 5.41) is 6.48. The first-order valence-electron chi connectivity index (χ1n) is 10.3. The van der Waals surface area contributed by atoms with Crippen molar-refractivity contribution in [2.45, 2.75) is 51.9 Å². The largest absolute Gasteiger partial charge is 0.357 e. The van der Waals surface area contributed by atoms with Gasteiger partial charge in [-0.05, 0) is 43.9 Å². The van der Waals surface area contributed by atoms with E-state index in [4.69, 9.17) is 0 Å². The first-order chi connectivity index (χ1) is 13.5. The molecule has 0 bridgehead atoms. The smallest absolute Gasteiger partial charge is 0.222 e. The minimum atomic E-state index is -0.836. The lowest BCUT2D eigenvalue weighted by molar-refractivity contribution is -0.130. The van der Waals surface area contributed by atoms with E-state index < -0.39 is 11.6 Å². The lowest BCUT2D eigenvalue weighted by atomic mass is 10.0. The minimum absolute atomic E-state index is 0. The van der Waals surface area contributed by atoms with Crippen LogP contribution in [0.4, 0.5) is 8.78 Å². The van der Waals surface area contributed by atoms with Crippen molar-refractivity contribution in [2.24, 2.45) is 4.99 Å². The number of amides is 1. The fourth-order valence-corrected chi connectivity index (χ4v) is 3.25. The van der Waals surface area contributed by atoms with Gasteiger partial charge in [0.2, 0.25) is 5.91 Å².